The summed E-state index contributed by atoms with van der Waals surface area (Å²) in [4.78, 5) is 0. The van der Waals surface area contributed by atoms with Gasteiger partial charge in [0.05, 0.1) is 6.61 Å². The second-order valence-electron chi connectivity index (χ2n) is 0.418. The standard InChI is InChI=1S/C3H5O/c1-2-3-4/h1-2,4H,3H2. The van der Waals surface area contributed by atoms with Crippen LogP contribution in [0.1, 0.15) is 0 Å². The van der Waals surface area contributed by atoms with Crippen molar-refractivity contribution >= 4 is 0 Å². The summed E-state index contributed by atoms with van der Waals surface area (Å²) in [5, 5.41) is 7.69. The van der Waals surface area contributed by atoms with Gasteiger partial charge in [0.15, 0.2) is 0 Å². The summed E-state index contributed by atoms with van der Waals surface area (Å²) in [7, 11) is 0. The predicted molar refractivity (Wildman–Crippen MR) is 16.0 cm³/mol. The molecule has 0 spiro atoms. The van der Waals surface area contributed by atoms with Crippen LogP contribution in [-0.2, 0) is 0 Å². The van der Waals surface area contributed by atoms with Gasteiger partial charge in [-0.15, -0.1) is 0 Å². The fourth-order valence-electron chi connectivity index (χ4n) is 0. The molecule has 0 bridgehead atoms. The zero-order valence-electron chi connectivity index (χ0n) is 2.31. The average molecular weight is 57.1 g/mol. The minimum absolute atomic E-state index is 0.0278. The molecule has 4 heavy (non-hydrogen) atoms. The van der Waals surface area contributed by atoms with Gasteiger partial charge in [0.1, 0.15) is 0 Å². The zero-order chi connectivity index (χ0) is 3.41. The molecule has 0 aromatic carbocycles. The lowest BCUT2D eigenvalue weighted by Gasteiger charge is -1.60. The number of hydrogen-bond acceptors (Lipinski definition) is 1. The highest BCUT2D eigenvalue weighted by molar-refractivity contribution is 4.55. The Bertz CT molecular complexity index is 17.2. The Hall–Kier alpha value is -0.300. The summed E-state index contributed by atoms with van der Waals surface area (Å²) in [5.74, 6) is 0. The highest BCUT2D eigenvalue weighted by Gasteiger charge is 1.45. The Balaban J connectivity index is 2.30. The quantitative estimate of drug-likeness (QED) is 0.448. The average Bonchev–Trinajstić information content (AvgIpc) is 1.37. The van der Waals surface area contributed by atoms with E-state index in [2.05, 4.69) is 6.58 Å². The van der Waals surface area contributed by atoms with Gasteiger partial charge in [0.2, 0.25) is 0 Å². The summed E-state index contributed by atoms with van der Waals surface area (Å²) in [6.07, 6.45) is 1.18. The molecular weight excluding hydrogens is 52.0 g/mol. The van der Waals surface area contributed by atoms with Crippen LogP contribution in [0.25, 0.3) is 0 Å². The van der Waals surface area contributed by atoms with Crippen LogP contribution in [0, 0.1) is 6.58 Å². The lowest BCUT2D eigenvalue weighted by Crippen LogP contribution is -1.62. The van der Waals surface area contributed by atoms with Gasteiger partial charge in [0, 0.05) is 0 Å². The van der Waals surface area contributed by atoms with Gasteiger partial charge in [-0.2, -0.15) is 0 Å². The van der Waals surface area contributed by atoms with E-state index in [9.17, 15) is 0 Å². The van der Waals surface area contributed by atoms with E-state index in [4.69, 9.17) is 5.11 Å². The van der Waals surface area contributed by atoms with E-state index < -0.39 is 0 Å². The molecule has 23 valence electrons. The number of rotatable bonds is 1. The maximum absolute atomic E-state index is 7.69. The van der Waals surface area contributed by atoms with Crippen molar-refractivity contribution in [3.05, 3.63) is 12.7 Å². The summed E-state index contributed by atoms with van der Waals surface area (Å²) < 4.78 is 0. The van der Waals surface area contributed by atoms with E-state index in [0.717, 1.165) is 0 Å². The molecule has 0 amide bonds. The van der Waals surface area contributed by atoms with Gasteiger partial charge in [-0.25, -0.2) is 0 Å². The Morgan fingerprint density at radius 2 is 2.25 bits per heavy atom. The lowest BCUT2D eigenvalue weighted by atomic mass is 10.7. The number of aliphatic hydroxyl groups excluding tert-OH is 1. The molecule has 0 aromatic heterocycles. The maximum atomic E-state index is 7.69. The molecule has 1 nitrogen and oxygen atoms in total. The highest BCUT2D eigenvalue weighted by Crippen LogP contribution is 1.45. The Morgan fingerprint density at radius 3 is 2.25 bits per heavy atom. The molecule has 1 heteroatoms. The summed E-state index contributed by atoms with van der Waals surface area (Å²) in [6, 6.07) is 0. The van der Waals surface area contributed by atoms with Crippen molar-refractivity contribution in [1.29, 1.82) is 0 Å². The highest BCUT2D eigenvalue weighted by atomic mass is 16.2. The molecule has 0 heterocycles. The molecule has 1 radical (unpaired) electrons. The predicted octanol–water partition coefficient (Wildman–Crippen LogP) is -0.0321. The maximum Gasteiger partial charge on any atom is 0.0615 e. The van der Waals surface area contributed by atoms with Gasteiger partial charge in [-0.05, 0) is 0 Å². The molecule has 1 N–H and O–H groups in total. The third kappa shape index (κ3) is 1.70. The fraction of sp³-hybridized carbons (Fsp3) is 0.333. The van der Waals surface area contributed by atoms with Crippen LogP contribution in [0.3, 0.4) is 0 Å². The first-order valence-electron chi connectivity index (χ1n) is 1.06. The smallest absolute Gasteiger partial charge is 0.0615 e. The minimum atomic E-state index is -0.0278. The summed E-state index contributed by atoms with van der Waals surface area (Å²) in [6.45, 7) is 4.62. The Kier molecular flexibility index (Phi) is 2.50. The molecule has 0 aromatic rings. The number of aliphatic hydroxyl groups is 1. The van der Waals surface area contributed by atoms with Gasteiger partial charge < -0.3 is 5.11 Å². The monoisotopic (exact) mass is 57.0 g/mol. The van der Waals surface area contributed by atoms with E-state index in [1.54, 1.807) is 0 Å². The van der Waals surface area contributed by atoms with Crippen molar-refractivity contribution in [2.24, 2.45) is 0 Å². The molecule has 0 atom stereocenters. The van der Waals surface area contributed by atoms with E-state index in [1.807, 2.05) is 0 Å². The fourth-order valence-corrected chi connectivity index (χ4v) is 0. The van der Waals surface area contributed by atoms with Crippen LogP contribution < -0.4 is 0 Å². The second kappa shape index (κ2) is 2.70. The van der Waals surface area contributed by atoms with Crippen LogP contribution in [-0.4, -0.2) is 11.7 Å². The van der Waals surface area contributed by atoms with Crippen LogP contribution in [0.5, 0.6) is 0 Å². The third-order valence-electron chi connectivity index (χ3n) is 0.105. The van der Waals surface area contributed by atoms with E-state index in [0.29, 0.717) is 0 Å². The van der Waals surface area contributed by atoms with E-state index in [1.165, 1.54) is 6.08 Å². The lowest BCUT2D eigenvalue weighted by molar-refractivity contribution is 0.343. The molecule has 0 saturated heterocycles. The molecule has 0 aliphatic rings. The van der Waals surface area contributed by atoms with Crippen LogP contribution in [0.15, 0.2) is 6.08 Å². The molecule has 0 aliphatic heterocycles. The first-order chi connectivity index (χ1) is 1.91. The summed E-state index contributed by atoms with van der Waals surface area (Å²) >= 11 is 0. The minimum Gasteiger partial charge on any atom is -0.392 e. The van der Waals surface area contributed by atoms with Crippen LogP contribution in [0.2, 0.25) is 0 Å². The molecule has 0 saturated carbocycles. The van der Waals surface area contributed by atoms with Gasteiger partial charge in [0.25, 0.3) is 0 Å². The topological polar surface area (TPSA) is 20.2 Å². The van der Waals surface area contributed by atoms with Gasteiger partial charge in [-0.1, -0.05) is 12.7 Å². The Labute approximate surface area is 25.6 Å². The van der Waals surface area contributed by atoms with Crippen molar-refractivity contribution < 1.29 is 5.11 Å². The third-order valence-corrected chi connectivity index (χ3v) is 0.105. The van der Waals surface area contributed by atoms with Crippen molar-refractivity contribution in [3.63, 3.8) is 0 Å². The molecule has 0 aliphatic carbocycles. The first-order valence-corrected chi connectivity index (χ1v) is 1.06. The van der Waals surface area contributed by atoms with Gasteiger partial charge in [-0.3, -0.25) is 0 Å². The Morgan fingerprint density at radius 1 is 2.00 bits per heavy atom. The zero-order valence-corrected chi connectivity index (χ0v) is 2.31. The summed E-state index contributed by atoms with van der Waals surface area (Å²) in [5.41, 5.74) is 0. The molecular formula is C3H5O. The molecule has 0 unspecified atom stereocenters. The van der Waals surface area contributed by atoms with E-state index >= 15 is 0 Å². The normalized spacial score (nSPS) is 6.25. The molecule has 0 fully saturated rings. The van der Waals surface area contributed by atoms with Gasteiger partial charge >= 0.3 is 0 Å². The van der Waals surface area contributed by atoms with Crippen LogP contribution in [0.4, 0.5) is 0 Å². The largest absolute Gasteiger partial charge is 0.392 e. The van der Waals surface area contributed by atoms with Crippen molar-refractivity contribution in [2.45, 2.75) is 0 Å². The first kappa shape index (κ1) is 3.70. The van der Waals surface area contributed by atoms with Crippen LogP contribution >= 0.6 is 0 Å². The van der Waals surface area contributed by atoms with E-state index in [-0.39, 0.29) is 6.61 Å². The number of hydrogen-bond donors (Lipinski definition) is 1. The SMILES string of the molecule is [CH]=CCO. The molecule has 0 rings (SSSR count). The van der Waals surface area contributed by atoms with Crippen molar-refractivity contribution in [1.82, 2.24) is 0 Å². The van der Waals surface area contributed by atoms with Crippen molar-refractivity contribution in [3.8, 4) is 0 Å². The van der Waals surface area contributed by atoms with Crippen molar-refractivity contribution in [2.75, 3.05) is 6.61 Å². The second-order valence-corrected chi connectivity index (χ2v) is 0.418.